The molecular formula is C18H28N2O. The number of likely N-dealkylation sites (tertiary alicyclic amines) is 1. The highest BCUT2D eigenvalue weighted by atomic mass is 16.1. The number of nitrogens with zero attached hydrogens (tertiary/aromatic N) is 2. The van der Waals surface area contributed by atoms with Gasteiger partial charge in [-0.05, 0) is 58.6 Å². The molecule has 1 saturated heterocycles. The minimum absolute atomic E-state index is 0.350. The van der Waals surface area contributed by atoms with E-state index in [2.05, 4.69) is 29.4 Å². The molecule has 1 aromatic rings. The summed E-state index contributed by atoms with van der Waals surface area (Å²) in [7, 11) is 0. The third-order valence-electron chi connectivity index (χ3n) is 5.30. The largest absolute Gasteiger partial charge is 0.348 e. The highest BCUT2D eigenvalue weighted by Crippen LogP contribution is 2.25. The second-order valence-electron chi connectivity index (χ2n) is 6.81. The van der Waals surface area contributed by atoms with Gasteiger partial charge < -0.3 is 9.47 Å². The first-order valence-electron chi connectivity index (χ1n) is 8.63. The van der Waals surface area contributed by atoms with E-state index in [0.29, 0.717) is 5.78 Å². The van der Waals surface area contributed by atoms with Gasteiger partial charge in [-0.15, -0.1) is 0 Å². The third-order valence-corrected chi connectivity index (χ3v) is 5.30. The van der Waals surface area contributed by atoms with E-state index in [1.54, 1.807) is 0 Å². The second-order valence-corrected chi connectivity index (χ2v) is 6.81. The summed E-state index contributed by atoms with van der Waals surface area (Å²) < 4.78 is 2.40. The molecule has 0 bridgehead atoms. The molecule has 0 radical (unpaired) electrons. The summed E-state index contributed by atoms with van der Waals surface area (Å²) in [6, 6.07) is 2.86. The van der Waals surface area contributed by atoms with E-state index in [0.717, 1.165) is 37.4 Å². The molecule has 1 atom stereocenters. The van der Waals surface area contributed by atoms with Gasteiger partial charge in [0.1, 0.15) is 0 Å². The van der Waals surface area contributed by atoms with Crippen LogP contribution in [-0.2, 0) is 13.0 Å². The number of hydrogen-bond donors (Lipinski definition) is 0. The van der Waals surface area contributed by atoms with E-state index >= 15 is 0 Å². The second kappa shape index (κ2) is 6.35. The summed E-state index contributed by atoms with van der Waals surface area (Å²) in [5.74, 6) is 0.350. The number of carbonyl (C=O) groups is 1. The maximum Gasteiger partial charge on any atom is 0.164 e. The molecule has 0 N–H and O–H groups in total. The zero-order valence-corrected chi connectivity index (χ0v) is 13.5. The zero-order valence-electron chi connectivity index (χ0n) is 13.5. The number of ketones is 1. The number of aromatic nitrogens is 1. The average molecular weight is 288 g/mol. The van der Waals surface area contributed by atoms with Gasteiger partial charge in [-0.25, -0.2) is 0 Å². The van der Waals surface area contributed by atoms with Crippen molar-refractivity contribution in [2.45, 2.75) is 71.4 Å². The lowest BCUT2D eigenvalue weighted by molar-refractivity contribution is 0.0971. The summed E-state index contributed by atoms with van der Waals surface area (Å²) in [4.78, 5) is 14.6. The van der Waals surface area contributed by atoms with Crippen molar-refractivity contribution >= 4 is 5.78 Å². The first kappa shape index (κ1) is 14.8. The van der Waals surface area contributed by atoms with Crippen LogP contribution >= 0.6 is 0 Å². The van der Waals surface area contributed by atoms with Gasteiger partial charge in [-0.1, -0.05) is 6.42 Å². The highest BCUT2D eigenvalue weighted by molar-refractivity contribution is 5.98. The van der Waals surface area contributed by atoms with Gasteiger partial charge in [0.2, 0.25) is 0 Å². The van der Waals surface area contributed by atoms with Crippen LogP contribution in [0.25, 0.3) is 0 Å². The fraction of sp³-hybridized carbons (Fsp3) is 0.722. The molecule has 1 aliphatic heterocycles. The van der Waals surface area contributed by atoms with Crippen LogP contribution in [-0.4, -0.2) is 34.4 Å². The summed E-state index contributed by atoms with van der Waals surface area (Å²) >= 11 is 0. The fourth-order valence-electron chi connectivity index (χ4n) is 4.02. The molecule has 3 nitrogen and oxygen atoms in total. The van der Waals surface area contributed by atoms with E-state index in [1.807, 2.05) is 0 Å². The number of aryl methyl sites for hydroxylation is 1. The van der Waals surface area contributed by atoms with Gasteiger partial charge in [0, 0.05) is 42.5 Å². The summed E-state index contributed by atoms with van der Waals surface area (Å²) in [6.07, 6.45) is 8.14. The van der Waals surface area contributed by atoms with Gasteiger partial charge in [0.05, 0.1) is 0 Å². The van der Waals surface area contributed by atoms with Crippen molar-refractivity contribution in [2.75, 3.05) is 13.1 Å². The van der Waals surface area contributed by atoms with E-state index in [1.165, 1.54) is 50.2 Å². The number of Topliss-reactive ketones (excluding diaryl/α,β-unsaturated/α-hetero) is 1. The number of piperidine rings is 1. The molecule has 2 heterocycles. The van der Waals surface area contributed by atoms with E-state index in [4.69, 9.17) is 0 Å². The lowest BCUT2D eigenvalue weighted by Gasteiger charge is -2.33. The van der Waals surface area contributed by atoms with Crippen LogP contribution in [0.15, 0.2) is 6.07 Å². The topological polar surface area (TPSA) is 25.2 Å². The number of hydrogen-bond acceptors (Lipinski definition) is 2. The van der Waals surface area contributed by atoms with Crippen molar-refractivity contribution in [1.82, 2.24) is 9.47 Å². The fourth-order valence-corrected chi connectivity index (χ4v) is 4.02. The van der Waals surface area contributed by atoms with Crippen molar-refractivity contribution < 1.29 is 4.79 Å². The molecular weight excluding hydrogens is 260 g/mol. The Morgan fingerprint density at radius 3 is 2.86 bits per heavy atom. The standard InChI is InChI=1S/C18H28N2O/c1-14-7-3-4-10-19(14)11-6-12-20-15(2)13-16-17(20)8-5-9-18(16)21/h13-14H,3-12H2,1-2H3. The Kier molecular flexibility index (Phi) is 4.48. The lowest BCUT2D eigenvalue weighted by atomic mass is 9.96. The summed E-state index contributed by atoms with van der Waals surface area (Å²) in [6.45, 7) is 8.04. The van der Waals surface area contributed by atoms with Crippen LogP contribution in [0.1, 0.15) is 67.2 Å². The molecule has 116 valence electrons. The van der Waals surface area contributed by atoms with Crippen molar-refractivity contribution in [3.8, 4) is 0 Å². The highest BCUT2D eigenvalue weighted by Gasteiger charge is 2.23. The zero-order chi connectivity index (χ0) is 14.8. The van der Waals surface area contributed by atoms with E-state index in [9.17, 15) is 4.79 Å². The average Bonchev–Trinajstić information content (AvgIpc) is 2.79. The third kappa shape index (κ3) is 3.08. The maximum absolute atomic E-state index is 12.0. The SMILES string of the molecule is Cc1cc2c(n1CCCN1CCCCC1C)CCCC2=O. The molecule has 1 unspecified atom stereocenters. The molecule has 3 heteroatoms. The van der Waals surface area contributed by atoms with E-state index < -0.39 is 0 Å². The van der Waals surface area contributed by atoms with Crippen LogP contribution in [0.5, 0.6) is 0 Å². The van der Waals surface area contributed by atoms with E-state index in [-0.39, 0.29) is 0 Å². The van der Waals surface area contributed by atoms with Gasteiger partial charge in [-0.2, -0.15) is 0 Å². The van der Waals surface area contributed by atoms with Crippen molar-refractivity contribution in [3.05, 3.63) is 23.0 Å². The Morgan fingerprint density at radius 2 is 2.05 bits per heavy atom. The number of fused-ring (bicyclic) bond motifs is 1. The smallest absolute Gasteiger partial charge is 0.164 e. The predicted molar refractivity (Wildman–Crippen MR) is 85.9 cm³/mol. The molecule has 0 amide bonds. The lowest BCUT2D eigenvalue weighted by Crippen LogP contribution is -2.38. The summed E-state index contributed by atoms with van der Waals surface area (Å²) in [5.41, 5.74) is 3.57. The normalized spacial score (nSPS) is 23.3. The van der Waals surface area contributed by atoms with Gasteiger partial charge in [0.25, 0.3) is 0 Å². The van der Waals surface area contributed by atoms with Gasteiger partial charge in [0.15, 0.2) is 5.78 Å². The van der Waals surface area contributed by atoms with Crippen LogP contribution in [0.3, 0.4) is 0 Å². The number of carbonyl (C=O) groups excluding carboxylic acids is 1. The van der Waals surface area contributed by atoms with Crippen LogP contribution in [0.4, 0.5) is 0 Å². The molecule has 3 rings (SSSR count). The Hall–Kier alpha value is -1.09. The minimum Gasteiger partial charge on any atom is -0.348 e. The van der Waals surface area contributed by atoms with Gasteiger partial charge in [-0.3, -0.25) is 4.79 Å². The van der Waals surface area contributed by atoms with Crippen molar-refractivity contribution in [2.24, 2.45) is 0 Å². The molecule has 0 aromatic carbocycles. The molecule has 0 spiro atoms. The first-order valence-corrected chi connectivity index (χ1v) is 8.63. The van der Waals surface area contributed by atoms with Gasteiger partial charge >= 0.3 is 0 Å². The summed E-state index contributed by atoms with van der Waals surface area (Å²) in [5, 5.41) is 0. The minimum atomic E-state index is 0.350. The molecule has 1 aromatic heterocycles. The van der Waals surface area contributed by atoms with Crippen molar-refractivity contribution in [3.63, 3.8) is 0 Å². The van der Waals surface area contributed by atoms with Crippen LogP contribution in [0.2, 0.25) is 0 Å². The molecule has 1 fully saturated rings. The van der Waals surface area contributed by atoms with Crippen LogP contribution in [0, 0.1) is 6.92 Å². The Morgan fingerprint density at radius 1 is 1.19 bits per heavy atom. The van der Waals surface area contributed by atoms with Crippen molar-refractivity contribution in [1.29, 1.82) is 0 Å². The Balaban J connectivity index is 1.62. The first-order chi connectivity index (χ1) is 10.2. The Bertz CT molecular complexity index is 518. The van der Waals surface area contributed by atoms with Crippen LogP contribution < -0.4 is 0 Å². The molecule has 0 saturated carbocycles. The predicted octanol–water partition coefficient (Wildman–Crippen LogP) is 3.58. The number of rotatable bonds is 4. The quantitative estimate of drug-likeness (QED) is 0.846. The maximum atomic E-state index is 12.0. The Labute approximate surface area is 128 Å². The molecule has 2 aliphatic rings. The molecule has 1 aliphatic carbocycles. The molecule has 21 heavy (non-hydrogen) atoms. The monoisotopic (exact) mass is 288 g/mol.